The first-order valence-corrected chi connectivity index (χ1v) is 15.4. The van der Waals surface area contributed by atoms with Gasteiger partial charge in [-0.25, -0.2) is 4.68 Å². The lowest BCUT2D eigenvalue weighted by Crippen LogP contribution is -2.26. The summed E-state index contributed by atoms with van der Waals surface area (Å²) in [6, 6.07) is 19.0. The molecule has 0 spiro atoms. The van der Waals surface area contributed by atoms with E-state index in [4.69, 9.17) is 14.2 Å². The van der Waals surface area contributed by atoms with E-state index < -0.39 is 6.04 Å². The maximum Gasteiger partial charge on any atom is 0.250 e. The molecule has 0 bridgehead atoms. The van der Waals surface area contributed by atoms with Gasteiger partial charge < -0.3 is 19.5 Å². The summed E-state index contributed by atoms with van der Waals surface area (Å²) in [5.74, 6) is 0.506. The number of hydrogen-bond acceptors (Lipinski definition) is 11. The molecule has 3 aromatic carbocycles. The molecule has 1 amide bonds. The van der Waals surface area contributed by atoms with Gasteiger partial charge in [-0.15, -0.1) is 22.8 Å². The molecule has 2 atom stereocenters. The van der Waals surface area contributed by atoms with Gasteiger partial charge in [-0.2, -0.15) is 4.68 Å². The number of anilines is 1. The fourth-order valence-electron chi connectivity index (χ4n) is 5.19. The zero-order chi connectivity index (χ0) is 32.5. The molecule has 13 nitrogen and oxygen atoms in total. The SMILES string of the molecule is CCCCC(CCC(C(=O)c1ccc(OC)cc1OC)n1nnc2cc(-n3nnnc3S)ccc21)OCC(=O)Nc1ccccc1. The fraction of sp³-hybridized carbons (Fsp3) is 0.344. The van der Waals surface area contributed by atoms with Crippen molar-refractivity contribution in [3.05, 3.63) is 72.3 Å². The molecule has 0 aliphatic heterocycles. The van der Waals surface area contributed by atoms with Crippen LogP contribution in [0.4, 0.5) is 5.69 Å². The summed E-state index contributed by atoms with van der Waals surface area (Å²) in [6.45, 7) is 2.00. The molecule has 5 aromatic rings. The van der Waals surface area contributed by atoms with Crippen molar-refractivity contribution in [2.45, 2.75) is 56.3 Å². The van der Waals surface area contributed by atoms with Gasteiger partial charge in [0.05, 0.1) is 37.1 Å². The number of methoxy groups -OCH3 is 2. The number of Topliss-reactive ketones (excluding diaryl/α,β-unsaturated/α-hetero) is 1. The Kier molecular flexibility index (Phi) is 10.9. The minimum Gasteiger partial charge on any atom is -0.497 e. The highest BCUT2D eigenvalue weighted by Gasteiger charge is 2.29. The number of thiol groups is 1. The van der Waals surface area contributed by atoms with Gasteiger partial charge in [-0.05, 0) is 72.2 Å². The predicted octanol–water partition coefficient (Wildman–Crippen LogP) is 5.13. The number of nitrogens with one attached hydrogen (secondary N) is 1. The number of carbonyl (C=O) groups excluding carboxylic acids is 2. The summed E-state index contributed by atoms with van der Waals surface area (Å²) < 4.78 is 20.1. The number of ether oxygens (including phenoxy) is 3. The van der Waals surface area contributed by atoms with Gasteiger partial charge in [-0.3, -0.25) is 9.59 Å². The molecule has 5 rings (SSSR count). The Morgan fingerprint density at radius 3 is 2.48 bits per heavy atom. The largest absolute Gasteiger partial charge is 0.497 e. The van der Waals surface area contributed by atoms with Crippen molar-refractivity contribution in [3.8, 4) is 17.2 Å². The summed E-state index contributed by atoms with van der Waals surface area (Å²) in [5, 5.41) is 23.4. The first-order valence-electron chi connectivity index (χ1n) is 15.0. The highest BCUT2D eigenvalue weighted by molar-refractivity contribution is 7.80. The van der Waals surface area contributed by atoms with Crippen molar-refractivity contribution in [2.24, 2.45) is 0 Å². The molecule has 2 heterocycles. The number of amides is 1. The van der Waals surface area contributed by atoms with E-state index in [0.717, 1.165) is 19.3 Å². The van der Waals surface area contributed by atoms with Crippen LogP contribution in [0, 0.1) is 0 Å². The Hall–Kier alpha value is -4.82. The quantitative estimate of drug-likeness (QED) is 0.109. The highest BCUT2D eigenvalue weighted by Crippen LogP contribution is 2.32. The van der Waals surface area contributed by atoms with Gasteiger partial charge >= 0.3 is 0 Å². The second-order valence-corrected chi connectivity index (χ2v) is 11.0. The van der Waals surface area contributed by atoms with Crippen molar-refractivity contribution in [3.63, 3.8) is 0 Å². The van der Waals surface area contributed by atoms with Crippen molar-refractivity contribution in [1.82, 2.24) is 35.2 Å². The lowest BCUT2D eigenvalue weighted by Gasteiger charge is -2.22. The van der Waals surface area contributed by atoms with Crippen LogP contribution in [-0.2, 0) is 9.53 Å². The van der Waals surface area contributed by atoms with Gasteiger partial charge in [-0.1, -0.05) is 43.2 Å². The smallest absolute Gasteiger partial charge is 0.250 e. The maximum atomic E-state index is 14.3. The van der Waals surface area contributed by atoms with Crippen molar-refractivity contribution >= 4 is 41.0 Å². The zero-order valence-electron chi connectivity index (χ0n) is 25.9. The average Bonchev–Trinajstić information content (AvgIpc) is 3.71. The van der Waals surface area contributed by atoms with Crippen LogP contribution in [0.2, 0.25) is 0 Å². The predicted molar refractivity (Wildman–Crippen MR) is 174 cm³/mol. The van der Waals surface area contributed by atoms with Crippen LogP contribution in [0.1, 0.15) is 55.4 Å². The molecule has 2 unspecified atom stereocenters. The lowest BCUT2D eigenvalue weighted by atomic mass is 9.96. The van der Waals surface area contributed by atoms with Gasteiger partial charge in [0.15, 0.2) is 5.78 Å². The maximum absolute atomic E-state index is 14.3. The monoisotopic (exact) mass is 644 g/mol. The first-order chi connectivity index (χ1) is 22.4. The van der Waals surface area contributed by atoms with E-state index in [1.165, 1.54) is 11.8 Å². The van der Waals surface area contributed by atoms with Crippen LogP contribution >= 0.6 is 12.6 Å². The van der Waals surface area contributed by atoms with Crippen LogP contribution < -0.4 is 14.8 Å². The van der Waals surface area contributed by atoms with E-state index >= 15 is 0 Å². The molecule has 0 aliphatic carbocycles. The van der Waals surface area contributed by atoms with Gasteiger partial charge in [0.1, 0.15) is 29.7 Å². The molecule has 14 heteroatoms. The van der Waals surface area contributed by atoms with E-state index in [1.54, 1.807) is 36.1 Å². The summed E-state index contributed by atoms with van der Waals surface area (Å²) in [6.07, 6.45) is 3.23. The number of tetrazole rings is 1. The van der Waals surface area contributed by atoms with Crippen molar-refractivity contribution in [2.75, 3.05) is 26.1 Å². The molecule has 240 valence electrons. The standard InChI is InChI=1S/C32H36N8O5S/c1-4-5-11-23(45-20-30(41)33-21-9-7-6-8-10-21)14-17-28(31(42)25-15-13-24(43-2)19-29(25)44-3)40-27-16-12-22(18-26(27)34-37-40)39-32(46)35-36-38-39/h6-10,12-13,15-16,18-19,23,28H,4-5,11,14,17,20H2,1-3H3,(H,33,41)(H,35,38,46). The number of rotatable bonds is 16. The number of ketones is 1. The van der Waals surface area contributed by atoms with Gasteiger partial charge in [0, 0.05) is 11.8 Å². The van der Waals surface area contributed by atoms with E-state index in [-0.39, 0.29) is 24.4 Å². The fourth-order valence-corrected chi connectivity index (χ4v) is 5.38. The Bertz CT molecular complexity index is 1780. The number of unbranched alkanes of at least 4 members (excludes halogenated alkanes) is 1. The third kappa shape index (κ3) is 7.69. The zero-order valence-corrected chi connectivity index (χ0v) is 26.8. The lowest BCUT2D eigenvalue weighted by molar-refractivity contribution is -0.123. The Labute approximate surface area is 271 Å². The second kappa shape index (κ2) is 15.5. The van der Waals surface area contributed by atoms with E-state index in [9.17, 15) is 9.59 Å². The minimum atomic E-state index is -0.752. The number of nitrogens with zero attached hydrogens (tertiary/aromatic N) is 7. The molecular weight excluding hydrogens is 608 g/mol. The highest BCUT2D eigenvalue weighted by atomic mass is 32.1. The Morgan fingerprint density at radius 2 is 1.76 bits per heavy atom. The molecular formula is C32H36N8O5S. The summed E-state index contributed by atoms with van der Waals surface area (Å²) >= 11 is 4.30. The van der Waals surface area contributed by atoms with Crippen LogP contribution in [0.5, 0.6) is 11.5 Å². The van der Waals surface area contributed by atoms with Gasteiger partial charge in [0.2, 0.25) is 11.1 Å². The summed E-state index contributed by atoms with van der Waals surface area (Å²) in [5.41, 5.74) is 2.94. The van der Waals surface area contributed by atoms with Crippen molar-refractivity contribution in [1.29, 1.82) is 0 Å². The summed E-state index contributed by atoms with van der Waals surface area (Å²) in [7, 11) is 3.06. The second-order valence-electron chi connectivity index (χ2n) is 10.6. The number of carbonyl (C=O) groups is 2. The molecule has 0 fully saturated rings. The third-order valence-electron chi connectivity index (χ3n) is 7.57. The van der Waals surface area contributed by atoms with Gasteiger partial charge in [0.25, 0.3) is 0 Å². The van der Waals surface area contributed by atoms with Crippen LogP contribution in [0.25, 0.3) is 16.7 Å². The third-order valence-corrected chi connectivity index (χ3v) is 7.85. The number of fused-ring (bicyclic) bond motifs is 1. The molecule has 0 aliphatic rings. The molecule has 46 heavy (non-hydrogen) atoms. The number of hydrogen-bond donors (Lipinski definition) is 2. The number of aromatic nitrogens is 7. The minimum absolute atomic E-state index is 0.104. The van der Waals surface area contributed by atoms with Crippen LogP contribution in [0.3, 0.4) is 0 Å². The van der Waals surface area contributed by atoms with Crippen LogP contribution in [-0.4, -0.2) is 73.8 Å². The van der Waals surface area contributed by atoms with Crippen LogP contribution in [0.15, 0.2) is 71.9 Å². The number of benzene rings is 3. The Morgan fingerprint density at radius 1 is 0.935 bits per heavy atom. The summed E-state index contributed by atoms with van der Waals surface area (Å²) in [4.78, 5) is 27.0. The topological polar surface area (TPSA) is 148 Å². The molecule has 2 aromatic heterocycles. The Balaban J connectivity index is 1.42. The first kappa shape index (κ1) is 32.6. The molecule has 0 saturated carbocycles. The number of para-hydroxylation sites is 1. The van der Waals surface area contributed by atoms with E-state index in [1.807, 2.05) is 42.5 Å². The van der Waals surface area contributed by atoms with E-state index in [2.05, 4.69) is 50.7 Å². The molecule has 0 radical (unpaired) electrons. The van der Waals surface area contributed by atoms with E-state index in [0.29, 0.717) is 57.5 Å². The molecule has 1 N–H and O–H groups in total. The van der Waals surface area contributed by atoms with Crippen molar-refractivity contribution < 1.29 is 23.8 Å². The average molecular weight is 645 g/mol. The normalized spacial score (nSPS) is 12.5. The molecule has 0 saturated heterocycles.